The molecule has 1 aromatic heterocycles. The van der Waals surface area contributed by atoms with Crippen LogP contribution in [0.4, 0.5) is 0 Å². The number of aromatic carboxylic acids is 1. The molecule has 2 aromatic carbocycles. The molecule has 0 aliphatic heterocycles. The first kappa shape index (κ1) is 17.9. The van der Waals surface area contributed by atoms with Crippen LogP contribution in [0.1, 0.15) is 16.9 Å². The normalized spacial score (nSPS) is 11.2. The van der Waals surface area contributed by atoms with Gasteiger partial charge < -0.3 is 14.6 Å². The molecule has 0 spiro atoms. The standard InChI is InChI=1S/C21H22N2O3/c1-22(2)13-8-14-23-19(21(25)26)18(15-9-4-3-5-10-15)16-11-6-7-12-17(16)20(23)24/h3-7,9-12H,8,13-14H2,1-2H3,(H,25,26). The van der Waals surface area contributed by atoms with E-state index in [1.807, 2.05) is 67.5 Å². The molecule has 0 aliphatic carbocycles. The molecule has 0 fully saturated rings. The van der Waals surface area contributed by atoms with Gasteiger partial charge in [-0.3, -0.25) is 4.79 Å². The monoisotopic (exact) mass is 350 g/mol. The fourth-order valence-corrected chi connectivity index (χ4v) is 3.27. The highest BCUT2D eigenvalue weighted by molar-refractivity contribution is 6.06. The van der Waals surface area contributed by atoms with Gasteiger partial charge >= 0.3 is 5.97 Å². The Labute approximate surface area is 152 Å². The number of rotatable bonds is 6. The zero-order valence-electron chi connectivity index (χ0n) is 15.0. The minimum atomic E-state index is -1.09. The first-order valence-electron chi connectivity index (χ1n) is 8.59. The van der Waals surface area contributed by atoms with Crippen molar-refractivity contribution in [3.05, 3.63) is 70.6 Å². The molecule has 0 bridgehead atoms. The minimum absolute atomic E-state index is 0.0543. The van der Waals surface area contributed by atoms with E-state index in [0.29, 0.717) is 29.3 Å². The van der Waals surface area contributed by atoms with Crippen LogP contribution in [0.15, 0.2) is 59.4 Å². The predicted octanol–water partition coefficient (Wildman–Crippen LogP) is 3.32. The quantitative estimate of drug-likeness (QED) is 0.741. The number of nitrogens with zero attached hydrogens (tertiary/aromatic N) is 2. The summed E-state index contributed by atoms with van der Waals surface area (Å²) in [6.07, 6.45) is 0.694. The average Bonchev–Trinajstić information content (AvgIpc) is 2.63. The van der Waals surface area contributed by atoms with Gasteiger partial charge in [-0.05, 0) is 44.1 Å². The van der Waals surface area contributed by atoms with Crippen LogP contribution in [-0.2, 0) is 6.54 Å². The topological polar surface area (TPSA) is 62.5 Å². The van der Waals surface area contributed by atoms with Crippen LogP contribution < -0.4 is 5.56 Å². The Kier molecular flexibility index (Phi) is 5.19. The van der Waals surface area contributed by atoms with Gasteiger partial charge in [-0.2, -0.15) is 0 Å². The van der Waals surface area contributed by atoms with Crippen molar-refractivity contribution in [2.75, 3.05) is 20.6 Å². The van der Waals surface area contributed by atoms with Gasteiger partial charge in [0.15, 0.2) is 0 Å². The van der Waals surface area contributed by atoms with Gasteiger partial charge in [0, 0.05) is 17.5 Å². The molecule has 0 aliphatic rings. The Balaban J connectivity index is 2.32. The van der Waals surface area contributed by atoms with Crippen molar-refractivity contribution in [1.82, 2.24) is 9.47 Å². The largest absolute Gasteiger partial charge is 0.477 e. The predicted molar refractivity (Wildman–Crippen MR) is 104 cm³/mol. The first-order valence-corrected chi connectivity index (χ1v) is 8.59. The second kappa shape index (κ2) is 7.54. The van der Waals surface area contributed by atoms with Crippen molar-refractivity contribution in [3.63, 3.8) is 0 Å². The molecule has 1 N–H and O–H groups in total. The zero-order chi connectivity index (χ0) is 18.7. The Morgan fingerprint density at radius 2 is 1.62 bits per heavy atom. The number of carboxylic acid groups (broad SMARTS) is 1. The maximum absolute atomic E-state index is 13.0. The highest BCUT2D eigenvalue weighted by atomic mass is 16.4. The molecular weight excluding hydrogens is 328 g/mol. The number of carboxylic acids is 1. The van der Waals surface area contributed by atoms with Gasteiger partial charge in [0.2, 0.25) is 0 Å². The lowest BCUT2D eigenvalue weighted by molar-refractivity contribution is 0.0684. The fourth-order valence-electron chi connectivity index (χ4n) is 3.27. The van der Waals surface area contributed by atoms with Crippen molar-refractivity contribution in [2.45, 2.75) is 13.0 Å². The number of fused-ring (bicyclic) bond motifs is 1. The van der Waals surface area contributed by atoms with E-state index < -0.39 is 5.97 Å². The summed E-state index contributed by atoms with van der Waals surface area (Å²) in [7, 11) is 3.91. The van der Waals surface area contributed by atoms with E-state index in [1.54, 1.807) is 6.07 Å². The van der Waals surface area contributed by atoms with E-state index in [0.717, 1.165) is 12.1 Å². The molecule has 5 heteroatoms. The molecule has 0 saturated heterocycles. The van der Waals surface area contributed by atoms with E-state index >= 15 is 0 Å². The van der Waals surface area contributed by atoms with Crippen LogP contribution in [0.2, 0.25) is 0 Å². The number of hydrogen-bond donors (Lipinski definition) is 1. The highest BCUT2D eigenvalue weighted by Gasteiger charge is 2.22. The summed E-state index contributed by atoms with van der Waals surface area (Å²) in [6.45, 7) is 1.14. The first-order chi connectivity index (χ1) is 12.5. The lowest BCUT2D eigenvalue weighted by Gasteiger charge is -2.18. The van der Waals surface area contributed by atoms with Gasteiger partial charge in [-0.1, -0.05) is 48.5 Å². The van der Waals surface area contributed by atoms with Gasteiger partial charge in [-0.25, -0.2) is 4.79 Å². The molecule has 5 nitrogen and oxygen atoms in total. The number of aromatic nitrogens is 1. The molecule has 0 amide bonds. The fraction of sp³-hybridized carbons (Fsp3) is 0.238. The Bertz CT molecular complexity index is 991. The molecule has 1 heterocycles. The molecule has 0 saturated carbocycles. The van der Waals surface area contributed by atoms with Crippen molar-refractivity contribution >= 4 is 16.7 Å². The molecule has 3 aromatic rings. The van der Waals surface area contributed by atoms with Crippen LogP contribution in [0, 0.1) is 0 Å². The van der Waals surface area contributed by atoms with E-state index in [-0.39, 0.29) is 11.3 Å². The Morgan fingerprint density at radius 3 is 2.23 bits per heavy atom. The lowest BCUT2D eigenvalue weighted by atomic mass is 9.96. The van der Waals surface area contributed by atoms with Crippen LogP contribution in [0.25, 0.3) is 21.9 Å². The molecule has 0 atom stereocenters. The van der Waals surface area contributed by atoms with E-state index in [2.05, 4.69) is 0 Å². The summed E-state index contributed by atoms with van der Waals surface area (Å²) < 4.78 is 1.41. The third-order valence-corrected chi connectivity index (χ3v) is 4.43. The van der Waals surface area contributed by atoms with Crippen molar-refractivity contribution in [3.8, 4) is 11.1 Å². The van der Waals surface area contributed by atoms with Crippen LogP contribution in [0.3, 0.4) is 0 Å². The van der Waals surface area contributed by atoms with Crippen LogP contribution in [0.5, 0.6) is 0 Å². The van der Waals surface area contributed by atoms with Crippen molar-refractivity contribution < 1.29 is 9.90 Å². The molecule has 134 valence electrons. The average molecular weight is 350 g/mol. The Hall–Kier alpha value is -2.92. The highest BCUT2D eigenvalue weighted by Crippen LogP contribution is 2.30. The summed E-state index contributed by atoms with van der Waals surface area (Å²) >= 11 is 0. The number of carbonyl (C=O) groups is 1. The summed E-state index contributed by atoms with van der Waals surface area (Å²) in [6, 6.07) is 16.6. The molecule has 26 heavy (non-hydrogen) atoms. The number of hydrogen-bond acceptors (Lipinski definition) is 3. The molecule has 3 rings (SSSR count). The lowest BCUT2D eigenvalue weighted by Crippen LogP contribution is -2.29. The summed E-state index contributed by atoms with van der Waals surface area (Å²) in [5, 5.41) is 11.1. The summed E-state index contributed by atoms with van der Waals surface area (Å²) in [5.74, 6) is -1.09. The minimum Gasteiger partial charge on any atom is -0.477 e. The van der Waals surface area contributed by atoms with Gasteiger partial charge in [0.1, 0.15) is 5.69 Å². The van der Waals surface area contributed by atoms with E-state index in [4.69, 9.17) is 0 Å². The van der Waals surface area contributed by atoms with Gasteiger partial charge in [0.25, 0.3) is 5.56 Å². The maximum atomic E-state index is 13.0. The zero-order valence-corrected chi connectivity index (χ0v) is 15.0. The second-order valence-corrected chi connectivity index (χ2v) is 6.55. The molecular formula is C21H22N2O3. The third kappa shape index (κ3) is 3.39. The number of pyridine rings is 1. The molecule has 0 unspecified atom stereocenters. The van der Waals surface area contributed by atoms with Crippen LogP contribution >= 0.6 is 0 Å². The van der Waals surface area contributed by atoms with Gasteiger partial charge in [0.05, 0.1) is 0 Å². The summed E-state index contributed by atoms with van der Waals surface area (Å²) in [5.41, 5.74) is 1.19. The van der Waals surface area contributed by atoms with Crippen LogP contribution in [-0.4, -0.2) is 41.2 Å². The smallest absolute Gasteiger partial charge is 0.353 e. The van der Waals surface area contributed by atoms with Crippen molar-refractivity contribution in [1.29, 1.82) is 0 Å². The van der Waals surface area contributed by atoms with Gasteiger partial charge in [-0.15, -0.1) is 0 Å². The maximum Gasteiger partial charge on any atom is 0.353 e. The second-order valence-electron chi connectivity index (χ2n) is 6.55. The number of benzene rings is 2. The summed E-state index contributed by atoms with van der Waals surface area (Å²) in [4.78, 5) is 27.2. The molecule has 0 radical (unpaired) electrons. The van der Waals surface area contributed by atoms with E-state index in [1.165, 1.54) is 4.57 Å². The van der Waals surface area contributed by atoms with E-state index in [9.17, 15) is 14.7 Å². The Morgan fingerprint density at radius 1 is 1.00 bits per heavy atom. The SMILES string of the molecule is CN(C)CCCn1c(C(=O)O)c(-c2ccccc2)c2ccccc2c1=O. The third-order valence-electron chi connectivity index (χ3n) is 4.43. The van der Waals surface area contributed by atoms with Crippen molar-refractivity contribution in [2.24, 2.45) is 0 Å².